The standard InChI is InChI=1S/C11H19N3O/c1-2-11(12)9-6-13-14(7-9)8-10-4-3-5-15-10/h6-7,10-11H,2-5,8,12H2,1H3. The van der Waals surface area contributed by atoms with E-state index >= 15 is 0 Å². The Balaban J connectivity index is 1.94. The lowest BCUT2D eigenvalue weighted by molar-refractivity contribution is 0.0940. The lowest BCUT2D eigenvalue weighted by atomic mass is 10.1. The van der Waals surface area contributed by atoms with Crippen LogP contribution in [0.15, 0.2) is 12.4 Å². The van der Waals surface area contributed by atoms with E-state index in [4.69, 9.17) is 10.5 Å². The molecule has 0 bridgehead atoms. The maximum atomic E-state index is 5.93. The quantitative estimate of drug-likeness (QED) is 0.817. The summed E-state index contributed by atoms with van der Waals surface area (Å²) in [6.07, 6.45) is 7.52. The van der Waals surface area contributed by atoms with Crippen molar-refractivity contribution in [3.63, 3.8) is 0 Å². The Labute approximate surface area is 90.4 Å². The van der Waals surface area contributed by atoms with Crippen LogP contribution in [0.5, 0.6) is 0 Å². The van der Waals surface area contributed by atoms with E-state index in [0.717, 1.165) is 31.6 Å². The lowest BCUT2D eigenvalue weighted by Crippen LogP contribution is -2.15. The third-order valence-electron chi connectivity index (χ3n) is 2.94. The Kier molecular flexibility index (Phi) is 3.38. The van der Waals surface area contributed by atoms with Crippen molar-refractivity contribution in [2.75, 3.05) is 6.61 Å². The highest BCUT2D eigenvalue weighted by atomic mass is 16.5. The number of nitrogens with two attached hydrogens (primary N) is 1. The minimum absolute atomic E-state index is 0.114. The predicted octanol–water partition coefficient (Wildman–Crippen LogP) is 1.47. The van der Waals surface area contributed by atoms with Gasteiger partial charge < -0.3 is 10.5 Å². The van der Waals surface area contributed by atoms with Gasteiger partial charge in [0.15, 0.2) is 0 Å². The molecule has 15 heavy (non-hydrogen) atoms. The van der Waals surface area contributed by atoms with Gasteiger partial charge in [0, 0.05) is 24.4 Å². The topological polar surface area (TPSA) is 53.1 Å². The van der Waals surface area contributed by atoms with Crippen LogP contribution in [0.25, 0.3) is 0 Å². The van der Waals surface area contributed by atoms with E-state index in [0.29, 0.717) is 6.10 Å². The second-order valence-corrected chi connectivity index (χ2v) is 4.15. The summed E-state index contributed by atoms with van der Waals surface area (Å²) in [5, 5.41) is 4.31. The predicted molar refractivity (Wildman–Crippen MR) is 58.4 cm³/mol. The van der Waals surface area contributed by atoms with Gasteiger partial charge in [0.1, 0.15) is 0 Å². The number of hydrogen-bond donors (Lipinski definition) is 1. The SMILES string of the molecule is CCC(N)c1cnn(CC2CCCO2)c1. The monoisotopic (exact) mass is 209 g/mol. The fourth-order valence-corrected chi connectivity index (χ4v) is 1.90. The molecule has 2 rings (SSSR count). The second-order valence-electron chi connectivity index (χ2n) is 4.15. The van der Waals surface area contributed by atoms with Gasteiger partial charge in [0.25, 0.3) is 0 Å². The Bertz CT molecular complexity index is 305. The summed E-state index contributed by atoms with van der Waals surface area (Å²) >= 11 is 0. The van der Waals surface area contributed by atoms with E-state index in [1.165, 1.54) is 6.42 Å². The summed E-state index contributed by atoms with van der Waals surface area (Å²) < 4.78 is 7.51. The van der Waals surface area contributed by atoms with Crippen molar-refractivity contribution in [3.8, 4) is 0 Å². The second kappa shape index (κ2) is 4.77. The molecule has 1 saturated heterocycles. The molecular formula is C11H19N3O. The number of hydrogen-bond acceptors (Lipinski definition) is 3. The van der Waals surface area contributed by atoms with Crippen molar-refractivity contribution >= 4 is 0 Å². The minimum Gasteiger partial charge on any atom is -0.376 e. The molecule has 2 N–H and O–H groups in total. The number of aromatic nitrogens is 2. The van der Waals surface area contributed by atoms with Crippen molar-refractivity contribution in [2.45, 2.75) is 44.9 Å². The maximum absolute atomic E-state index is 5.93. The first-order chi connectivity index (χ1) is 7.29. The average molecular weight is 209 g/mol. The molecule has 0 radical (unpaired) electrons. The number of nitrogens with zero attached hydrogens (tertiary/aromatic N) is 2. The molecule has 84 valence electrons. The van der Waals surface area contributed by atoms with Crippen LogP contribution in [0.3, 0.4) is 0 Å². The minimum atomic E-state index is 0.114. The van der Waals surface area contributed by atoms with Crippen LogP contribution in [0.4, 0.5) is 0 Å². The average Bonchev–Trinajstić information content (AvgIpc) is 2.88. The van der Waals surface area contributed by atoms with Crippen molar-refractivity contribution < 1.29 is 4.74 Å². The fraction of sp³-hybridized carbons (Fsp3) is 0.727. The first-order valence-electron chi connectivity index (χ1n) is 5.69. The molecule has 2 unspecified atom stereocenters. The van der Waals surface area contributed by atoms with Gasteiger partial charge in [-0.1, -0.05) is 6.92 Å². The van der Waals surface area contributed by atoms with Gasteiger partial charge in [-0.3, -0.25) is 4.68 Å². The Morgan fingerprint density at radius 2 is 2.60 bits per heavy atom. The van der Waals surface area contributed by atoms with Gasteiger partial charge >= 0.3 is 0 Å². The maximum Gasteiger partial charge on any atom is 0.0771 e. The molecule has 0 spiro atoms. The van der Waals surface area contributed by atoms with E-state index in [1.54, 1.807) is 0 Å². The smallest absolute Gasteiger partial charge is 0.0771 e. The van der Waals surface area contributed by atoms with Crippen LogP contribution in [0.2, 0.25) is 0 Å². The molecule has 0 amide bonds. The summed E-state index contributed by atoms with van der Waals surface area (Å²) in [6, 6.07) is 0.114. The largest absolute Gasteiger partial charge is 0.376 e. The van der Waals surface area contributed by atoms with Crippen LogP contribution >= 0.6 is 0 Å². The summed E-state index contributed by atoms with van der Waals surface area (Å²) in [4.78, 5) is 0. The zero-order chi connectivity index (χ0) is 10.7. The third-order valence-corrected chi connectivity index (χ3v) is 2.94. The zero-order valence-electron chi connectivity index (χ0n) is 9.22. The van der Waals surface area contributed by atoms with Crippen molar-refractivity contribution in [2.24, 2.45) is 5.73 Å². The number of ether oxygens (including phenoxy) is 1. The van der Waals surface area contributed by atoms with Crippen LogP contribution < -0.4 is 5.73 Å². The summed E-state index contributed by atoms with van der Waals surface area (Å²) in [7, 11) is 0. The Morgan fingerprint density at radius 3 is 3.27 bits per heavy atom. The van der Waals surface area contributed by atoms with Crippen LogP contribution in [-0.2, 0) is 11.3 Å². The molecule has 0 aromatic carbocycles. The molecule has 2 atom stereocenters. The van der Waals surface area contributed by atoms with E-state index in [9.17, 15) is 0 Å². The molecule has 2 heterocycles. The van der Waals surface area contributed by atoms with Gasteiger partial charge in [0.05, 0.1) is 18.8 Å². The zero-order valence-corrected chi connectivity index (χ0v) is 9.22. The molecule has 0 aliphatic carbocycles. The summed E-state index contributed by atoms with van der Waals surface area (Å²) in [6.45, 7) is 3.84. The van der Waals surface area contributed by atoms with Crippen molar-refractivity contribution in [1.82, 2.24) is 9.78 Å². The highest BCUT2D eigenvalue weighted by Crippen LogP contribution is 2.16. The first kappa shape index (κ1) is 10.6. The third kappa shape index (κ3) is 2.58. The highest BCUT2D eigenvalue weighted by molar-refractivity contribution is 5.09. The number of rotatable bonds is 4. The molecule has 0 saturated carbocycles. The Hall–Kier alpha value is -0.870. The highest BCUT2D eigenvalue weighted by Gasteiger charge is 2.16. The molecule has 1 aliphatic rings. The molecule has 4 heteroatoms. The van der Waals surface area contributed by atoms with Gasteiger partial charge in [-0.25, -0.2) is 0 Å². The van der Waals surface area contributed by atoms with E-state index in [2.05, 4.69) is 12.0 Å². The molecule has 1 aromatic heterocycles. The van der Waals surface area contributed by atoms with Gasteiger partial charge in [0.2, 0.25) is 0 Å². The molecule has 1 aromatic rings. The summed E-state index contributed by atoms with van der Waals surface area (Å²) in [5.41, 5.74) is 7.05. The molecule has 1 fully saturated rings. The Morgan fingerprint density at radius 1 is 1.73 bits per heavy atom. The summed E-state index contributed by atoms with van der Waals surface area (Å²) in [5.74, 6) is 0. The lowest BCUT2D eigenvalue weighted by Gasteiger charge is -2.09. The molecular weight excluding hydrogens is 190 g/mol. The molecule has 1 aliphatic heterocycles. The molecule has 4 nitrogen and oxygen atoms in total. The normalized spacial score (nSPS) is 23.2. The van der Waals surface area contributed by atoms with Crippen LogP contribution in [0, 0.1) is 0 Å². The van der Waals surface area contributed by atoms with E-state index in [-0.39, 0.29) is 6.04 Å². The van der Waals surface area contributed by atoms with Gasteiger partial charge in [-0.15, -0.1) is 0 Å². The van der Waals surface area contributed by atoms with Crippen molar-refractivity contribution in [1.29, 1.82) is 0 Å². The van der Waals surface area contributed by atoms with Crippen LogP contribution in [0.1, 0.15) is 37.8 Å². The van der Waals surface area contributed by atoms with Gasteiger partial charge in [-0.2, -0.15) is 5.10 Å². The van der Waals surface area contributed by atoms with Crippen LogP contribution in [-0.4, -0.2) is 22.5 Å². The first-order valence-corrected chi connectivity index (χ1v) is 5.69. The van der Waals surface area contributed by atoms with E-state index in [1.807, 2.05) is 17.1 Å². The van der Waals surface area contributed by atoms with Crippen molar-refractivity contribution in [3.05, 3.63) is 18.0 Å². The fourth-order valence-electron chi connectivity index (χ4n) is 1.90. The van der Waals surface area contributed by atoms with Gasteiger partial charge in [-0.05, 0) is 19.3 Å². The van der Waals surface area contributed by atoms with E-state index < -0.39 is 0 Å².